The van der Waals surface area contributed by atoms with E-state index in [9.17, 15) is 0 Å². The summed E-state index contributed by atoms with van der Waals surface area (Å²) in [5.74, 6) is 1.38. The van der Waals surface area contributed by atoms with Crippen LogP contribution in [0, 0.1) is 16.4 Å². The molecule has 1 rings (SSSR count). The molecule has 59 valence electrons. The van der Waals surface area contributed by atoms with Crippen molar-refractivity contribution in [2.45, 2.75) is 20.8 Å². The molecule has 0 aliphatic rings. The van der Waals surface area contributed by atoms with Crippen LogP contribution in [0.3, 0.4) is 0 Å². The largest absolute Gasteiger partial charge is 0.0555 e. The molecule has 1 aromatic carbocycles. The molecular formula is C10H12I. The van der Waals surface area contributed by atoms with Crippen LogP contribution in [0.5, 0.6) is 0 Å². The van der Waals surface area contributed by atoms with Gasteiger partial charge in [0.2, 0.25) is 0 Å². The van der Waals surface area contributed by atoms with Gasteiger partial charge in [0.25, 0.3) is 0 Å². The second-order valence-corrected chi connectivity index (χ2v) is 4.26. The first-order valence-corrected chi connectivity index (χ1v) is 4.75. The molecule has 0 aliphatic heterocycles. The molecule has 1 aromatic rings. The second kappa shape index (κ2) is 3.57. The van der Waals surface area contributed by atoms with Crippen LogP contribution in [-0.4, -0.2) is 0 Å². The van der Waals surface area contributed by atoms with Crippen LogP contribution in [0.15, 0.2) is 18.2 Å². The third-order valence-electron chi connectivity index (χ3n) is 1.62. The van der Waals surface area contributed by atoms with Gasteiger partial charge in [-0.15, -0.1) is 0 Å². The van der Waals surface area contributed by atoms with Gasteiger partial charge in [-0.25, -0.2) is 0 Å². The van der Waals surface area contributed by atoms with Crippen molar-refractivity contribution in [2.75, 3.05) is 0 Å². The standard InChI is InChI=1S/C10H12I/c1-7(2)9-4-8(3)5-10(11)6-9/h4-6H,1-3H3. The number of halogens is 1. The summed E-state index contributed by atoms with van der Waals surface area (Å²) < 4.78 is 1.32. The van der Waals surface area contributed by atoms with Crippen LogP contribution in [-0.2, 0) is 0 Å². The molecule has 0 aliphatic carbocycles. The summed E-state index contributed by atoms with van der Waals surface area (Å²) in [6.45, 7) is 6.42. The monoisotopic (exact) mass is 259 g/mol. The number of hydrogen-bond donors (Lipinski definition) is 0. The molecule has 0 heterocycles. The van der Waals surface area contributed by atoms with E-state index in [0.717, 1.165) is 0 Å². The van der Waals surface area contributed by atoms with Gasteiger partial charge in [0, 0.05) is 3.57 Å². The Hall–Kier alpha value is -0.0500. The zero-order valence-electron chi connectivity index (χ0n) is 7.11. The van der Waals surface area contributed by atoms with E-state index >= 15 is 0 Å². The Morgan fingerprint density at radius 3 is 2.27 bits per heavy atom. The fourth-order valence-corrected chi connectivity index (χ4v) is 1.85. The number of benzene rings is 1. The Labute approximate surface area is 82.2 Å². The highest BCUT2D eigenvalue weighted by Gasteiger charge is 2.00. The van der Waals surface area contributed by atoms with Crippen molar-refractivity contribution < 1.29 is 0 Å². The topological polar surface area (TPSA) is 0 Å². The molecular weight excluding hydrogens is 247 g/mol. The molecule has 0 atom stereocenters. The molecule has 0 aromatic heterocycles. The lowest BCUT2D eigenvalue weighted by Gasteiger charge is -2.06. The molecule has 11 heavy (non-hydrogen) atoms. The molecule has 1 radical (unpaired) electrons. The molecule has 0 N–H and O–H groups in total. The minimum Gasteiger partial charge on any atom is -0.0555 e. The fourth-order valence-electron chi connectivity index (χ4n) is 1.03. The van der Waals surface area contributed by atoms with Crippen LogP contribution in [0.25, 0.3) is 0 Å². The highest BCUT2D eigenvalue weighted by Crippen LogP contribution is 2.18. The van der Waals surface area contributed by atoms with E-state index < -0.39 is 0 Å². The van der Waals surface area contributed by atoms with Crippen molar-refractivity contribution in [3.8, 4) is 0 Å². The van der Waals surface area contributed by atoms with E-state index in [1.807, 2.05) is 0 Å². The minimum atomic E-state index is 1.32. The zero-order chi connectivity index (χ0) is 8.43. The maximum absolute atomic E-state index is 2.35. The fraction of sp³-hybridized carbons (Fsp3) is 0.300. The Morgan fingerprint density at radius 1 is 1.18 bits per heavy atom. The SMILES string of the molecule is C[C](C)c1cc(C)cc(I)c1. The van der Waals surface area contributed by atoms with E-state index in [4.69, 9.17) is 0 Å². The van der Waals surface area contributed by atoms with Gasteiger partial charge in [-0.05, 0) is 58.7 Å². The maximum atomic E-state index is 2.35. The molecule has 0 amide bonds. The van der Waals surface area contributed by atoms with Crippen molar-refractivity contribution in [3.63, 3.8) is 0 Å². The van der Waals surface area contributed by atoms with Gasteiger partial charge in [-0.2, -0.15) is 0 Å². The molecule has 1 heteroatoms. The van der Waals surface area contributed by atoms with Gasteiger partial charge in [0.15, 0.2) is 0 Å². The van der Waals surface area contributed by atoms with Gasteiger partial charge < -0.3 is 0 Å². The molecule has 0 unspecified atom stereocenters. The summed E-state index contributed by atoms with van der Waals surface area (Å²) in [7, 11) is 0. The zero-order valence-corrected chi connectivity index (χ0v) is 9.27. The van der Waals surface area contributed by atoms with Crippen LogP contribution >= 0.6 is 22.6 Å². The molecule has 0 saturated carbocycles. The summed E-state index contributed by atoms with van der Waals surface area (Å²) in [5, 5.41) is 0. The molecule has 0 nitrogen and oxygen atoms in total. The van der Waals surface area contributed by atoms with Crippen molar-refractivity contribution in [1.29, 1.82) is 0 Å². The first-order chi connectivity index (χ1) is 5.09. The second-order valence-electron chi connectivity index (χ2n) is 3.02. The quantitative estimate of drug-likeness (QED) is 0.676. The predicted molar refractivity (Wildman–Crippen MR) is 57.6 cm³/mol. The summed E-state index contributed by atoms with van der Waals surface area (Å²) in [6, 6.07) is 6.62. The Kier molecular flexibility index (Phi) is 2.93. The van der Waals surface area contributed by atoms with Crippen LogP contribution in [0.4, 0.5) is 0 Å². The maximum Gasteiger partial charge on any atom is 0.0135 e. The number of rotatable bonds is 1. The van der Waals surface area contributed by atoms with Crippen LogP contribution in [0.1, 0.15) is 25.0 Å². The van der Waals surface area contributed by atoms with E-state index in [2.05, 4.69) is 61.6 Å². The third-order valence-corrected chi connectivity index (χ3v) is 2.24. The molecule has 0 spiro atoms. The lowest BCUT2D eigenvalue weighted by molar-refractivity contribution is 1.14. The van der Waals surface area contributed by atoms with E-state index in [1.165, 1.54) is 20.6 Å². The van der Waals surface area contributed by atoms with E-state index in [1.54, 1.807) is 0 Å². The van der Waals surface area contributed by atoms with Crippen LogP contribution in [0.2, 0.25) is 0 Å². The van der Waals surface area contributed by atoms with Crippen molar-refractivity contribution >= 4 is 22.6 Å². The minimum absolute atomic E-state index is 1.32. The van der Waals surface area contributed by atoms with Crippen molar-refractivity contribution in [1.82, 2.24) is 0 Å². The van der Waals surface area contributed by atoms with Gasteiger partial charge in [-0.3, -0.25) is 0 Å². The first kappa shape index (κ1) is 9.04. The average molecular weight is 259 g/mol. The summed E-state index contributed by atoms with van der Waals surface area (Å²) >= 11 is 2.35. The van der Waals surface area contributed by atoms with Gasteiger partial charge in [0.05, 0.1) is 0 Å². The summed E-state index contributed by atoms with van der Waals surface area (Å²) in [6.07, 6.45) is 0. The summed E-state index contributed by atoms with van der Waals surface area (Å²) in [4.78, 5) is 0. The van der Waals surface area contributed by atoms with Gasteiger partial charge >= 0.3 is 0 Å². The highest BCUT2D eigenvalue weighted by molar-refractivity contribution is 14.1. The van der Waals surface area contributed by atoms with E-state index in [-0.39, 0.29) is 0 Å². The third kappa shape index (κ3) is 2.47. The Balaban J connectivity index is 3.08. The lowest BCUT2D eigenvalue weighted by atomic mass is 10.0. The number of aryl methyl sites for hydroxylation is 1. The molecule has 0 fully saturated rings. The highest BCUT2D eigenvalue weighted by atomic mass is 127. The Bertz CT molecular complexity index is 231. The normalized spacial score (nSPS) is 10.6. The van der Waals surface area contributed by atoms with Crippen LogP contribution < -0.4 is 0 Å². The number of hydrogen-bond acceptors (Lipinski definition) is 0. The smallest absolute Gasteiger partial charge is 0.0135 e. The summed E-state index contributed by atoms with van der Waals surface area (Å²) in [5.41, 5.74) is 2.70. The lowest BCUT2D eigenvalue weighted by Crippen LogP contribution is -1.89. The van der Waals surface area contributed by atoms with Gasteiger partial charge in [-0.1, -0.05) is 19.9 Å². The predicted octanol–water partition coefficient (Wildman–Crippen LogP) is 3.56. The molecule has 0 bridgehead atoms. The van der Waals surface area contributed by atoms with Gasteiger partial charge in [0.1, 0.15) is 0 Å². The Morgan fingerprint density at radius 2 is 1.82 bits per heavy atom. The average Bonchev–Trinajstić information content (AvgIpc) is 1.85. The van der Waals surface area contributed by atoms with E-state index in [0.29, 0.717) is 0 Å². The van der Waals surface area contributed by atoms with Crippen molar-refractivity contribution in [2.24, 2.45) is 0 Å². The first-order valence-electron chi connectivity index (χ1n) is 3.67. The molecule has 0 saturated heterocycles. The van der Waals surface area contributed by atoms with Crippen molar-refractivity contribution in [3.05, 3.63) is 38.8 Å².